The molecule has 0 radical (unpaired) electrons. The van der Waals surface area contributed by atoms with E-state index in [1.807, 2.05) is 18.2 Å². The van der Waals surface area contributed by atoms with Gasteiger partial charge in [0.2, 0.25) is 0 Å². The highest BCUT2D eigenvalue weighted by atomic mass is 35.5. The molecule has 2 atom stereocenters. The molecule has 1 saturated carbocycles. The normalized spacial score (nSPS) is 27.1. The van der Waals surface area contributed by atoms with Crippen LogP contribution in [-0.4, -0.2) is 12.1 Å². The summed E-state index contributed by atoms with van der Waals surface area (Å²) in [5.41, 5.74) is 1.07. The Kier molecular flexibility index (Phi) is 5.29. The molecule has 116 valence electrons. The first-order chi connectivity index (χ1) is 10.3. The first-order valence-electron chi connectivity index (χ1n) is 8.56. The quantitative estimate of drug-likeness (QED) is 0.654. The number of nitrogens with one attached hydrogen (secondary N) is 1. The van der Waals surface area contributed by atoms with Crippen LogP contribution >= 0.6 is 11.6 Å². The molecule has 2 nitrogen and oxygen atoms in total. The first kappa shape index (κ1) is 15.0. The predicted octanol–water partition coefficient (Wildman–Crippen LogP) is 5.80. The van der Waals surface area contributed by atoms with Crippen molar-refractivity contribution in [2.75, 3.05) is 5.32 Å². The van der Waals surface area contributed by atoms with Gasteiger partial charge in [0, 0.05) is 5.02 Å². The Morgan fingerprint density at radius 3 is 2.33 bits per heavy atom. The summed E-state index contributed by atoms with van der Waals surface area (Å²) in [4.78, 5) is 0. The van der Waals surface area contributed by atoms with Gasteiger partial charge < -0.3 is 10.1 Å². The van der Waals surface area contributed by atoms with E-state index in [-0.39, 0.29) is 0 Å². The molecular formula is C18H26ClNO. The summed E-state index contributed by atoms with van der Waals surface area (Å²) in [5, 5.41) is 4.46. The van der Waals surface area contributed by atoms with Gasteiger partial charge in [-0.1, -0.05) is 56.5 Å². The molecule has 3 rings (SSSR count). The number of ether oxygens (including phenoxy) is 1. The van der Waals surface area contributed by atoms with E-state index >= 15 is 0 Å². The minimum absolute atomic E-state index is 0.318. The Morgan fingerprint density at radius 1 is 0.905 bits per heavy atom. The Bertz CT molecular complexity index is 463. The molecule has 1 N–H and O–H groups in total. The summed E-state index contributed by atoms with van der Waals surface area (Å²) in [6.07, 6.45) is 13.6. The average molecular weight is 308 g/mol. The zero-order chi connectivity index (χ0) is 14.5. The van der Waals surface area contributed by atoms with Gasteiger partial charge in [-0.25, -0.2) is 0 Å². The lowest BCUT2D eigenvalue weighted by molar-refractivity contribution is 0.148. The number of anilines is 1. The van der Waals surface area contributed by atoms with Crippen LogP contribution in [0.15, 0.2) is 18.2 Å². The topological polar surface area (TPSA) is 21.3 Å². The van der Waals surface area contributed by atoms with Crippen LogP contribution in [0.4, 0.5) is 5.69 Å². The van der Waals surface area contributed by atoms with Gasteiger partial charge in [0.1, 0.15) is 11.9 Å². The number of benzene rings is 1. The second-order valence-corrected chi connectivity index (χ2v) is 6.89. The fourth-order valence-corrected chi connectivity index (χ4v) is 3.72. The van der Waals surface area contributed by atoms with Crippen molar-refractivity contribution in [3.05, 3.63) is 23.2 Å². The molecule has 1 aromatic rings. The van der Waals surface area contributed by atoms with Crippen LogP contribution in [-0.2, 0) is 0 Å². The third-order valence-electron chi connectivity index (χ3n) is 4.76. The molecule has 1 aliphatic heterocycles. The highest BCUT2D eigenvalue weighted by Crippen LogP contribution is 2.36. The number of halogens is 1. The van der Waals surface area contributed by atoms with Crippen molar-refractivity contribution < 1.29 is 4.74 Å². The maximum atomic E-state index is 6.27. The van der Waals surface area contributed by atoms with Crippen LogP contribution < -0.4 is 10.1 Å². The third kappa shape index (κ3) is 4.06. The lowest BCUT2D eigenvalue weighted by Crippen LogP contribution is -2.41. The maximum Gasteiger partial charge on any atom is 0.143 e. The molecule has 0 spiro atoms. The molecule has 2 aliphatic rings. The number of hydrogen-bond acceptors (Lipinski definition) is 2. The summed E-state index contributed by atoms with van der Waals surface area (Å²) in [6, 6.07) is 6.34. The maximum absolute atomic E-state index is 6.27. The van der Waals surface area contributed by atoms with Gasteiger partial charge >= 0.3 is 0 Å². The van der Waals surface area contributed by atoms with Crippen LogP contribution in [0, 0.1) is 0 Å². The summed E-state index contributed by atoms with van der Waals surface area (Å²) >= 11 is 6.10. The molecule has 21 heavy (non-hydrogen) atoms. The van der Waals surface area contributed by atoms with E-state index in [2.05, 4.69) is 5.32 Å². The number of rotatable bonds is 0. The van der Waals surface area contributed by atoms with Gasteiger partial charge in [-0.15, -0.1) is 0 Å². The Morgan fingerprint density at radius 2 is 1.57 bits per heavy atom. The van der Waals surface area contributed by atoms with Crippen LogP contribution in [0.3, 0.4) is 0 Å². The SMILES string of the molecule is Clc1ccc2c(c1)NC1CCCCCCCCCCC1O2. The Labute approximate surface area is 133 Å². The molecule has 0 saturated heterocycles. The minimum Gasteiger partial charge on any atom is -0.486 e. The average Bonchev–Trinajstić information content (AvgIpc) is 2.47. The monoisotopic (exact) mass is 307 g/mol. The molecule has 0 amide bonds. The number of hydrogen-bond donors (Lipinski definition) is 1. The van der Waals surface area contributed by atoms with Crippen molar-refractivity contribution in [1.29, 1.82) is 0 Å². The molecular weight excluding hydrogens is 282 g/mol. The minimum atomic E-state index is 0.318. The molecule has 3 heteroatoms. The highest BCUT2D eigenvalue weighted by molar-refractivity contribution is 6.30. The van der Waals surface area contributed by atoms with Crippen LogP contribution in [0.2, 0.25) is 5.02 Å². The van der Waals surface area contributed by atoms with E-state index in [1.54, 1.807) is 0 Å². The van der Waals surface area contributed by atoms with E-state index < -0.39 is 0 Å². The van der Waals surface area contributed by atoms with E-state index in [9.17, 15) is 0 Å². The van der Waals surface area contributed by atoms with E-state index in [0.29, 0.717) is 12.1 Å². The van der Waals surface area contributed by atoms with Gasteiger partial charge in [0.15, 0.2) is 0 Å². The first-order valence-corrected chi connectivity index (χ1v) is 8.93. The van der Waals surface area contributed by atoms with Crippen molar-refractivity contribution in [3.8, 4) is 5.75 Å². The van der Waals surface area contributed by atoms with Crippen LogP contribution in [0.25, 0.3) is 0 Å². The highest BCUT2D eigenvalue weighted by Gasteiger charge is 2.28. The standard InChI is InChI=1S/C18H26ClNO/c19-14-11-12-18-16(13-14)20-15-9-7-5-3-1-2-4-6-8-10-17(15)21-18/h11-13,15,17,20H,1-10H2. The number of fused-ring (bicyclic) bond motifs is 2. The van der Waals surface area contributed by atoms with E-state index in [1.165, 1.54) is 64.2 Å². The Balaban J connectivity index is 1.70. The Hall–Kier alpha value is -0.890. The summed E-state index contributed by atoms with van der Waals surface area (Å²) in [6.45, 7) is 0. The molecule has 0 aromatic heterocycles. The third-order valence-corrected chi connectivity index (χ3v) is 5.00. The van der Waals surface area contributed by atoms with Crippen LogP contribution in [0.5, 0.6) is 5.75 Å². The molecule has 0 bridgehead atoms. The van der Waals surface area contributed by atoms with E-state index in [0.717, 1.165) is 16.5 Å². The summed E-state index contributed by atoms with van der Waals surface area (Å²) < 4.78 is 6.27. The molecule has 1 fully saturated rings. The fraction of sp³-hybridized carbons (Fsp3) is 0.667. The van der Waals surface area contributed by atoms with Crippen LogP contribution in [0.1, 0.15) is 64.2 Å². The molecule has 1 heterocycles. The van der Waals surface area contributed by atoms with Gasteiger partial charge in [-0.05, 0) is 37.5 Å². The van der Waals surface area contributed by atoms with E-state index in [4.69, 9.17) is 16.3 Å². The largest absolute Gasteiger partial charge is 0.486 e. The van der Waals surface area contributed by atoms with Gasteiger partial charge in [0.05, 0.1) is 11.7 Å². The smallest absolute Gasteiger partial charge is 0.143 e. The lowest BCUT2D eigenvalue weighted by atomic mass is 9.94. The second-order valence-electron chi connectivity index (χ2n) is 6.45. The van der Waals surface area contributed by atoms with Crippen molar-refractivity contribution in [3.63, 3.8) is 0 Å². The fourth-order valence-electron chi connectivity index (χ4n) is 3.54. The van der Waals surface area contributed by atoms with Gasteiger partial charge in [-0.2, -0.15) is 0 Å². The van der Waals surface area contributed by atoms with Crippen molar-refractivity contribution in [2.45, 2.75) is 76.4 Å². The predicted molar refractivity (Wildman–Crippen MR) is 89.4 cm³/mol. The van der Waals surface area contributed by atoms with Crippen molar-refractivity contribution in [1.82, 2.24) is 0 Å². The zero-order valence-electron chi connectivity index (χ0n) is 12.7. The molecule has 1 aromatic carbocycles. The van der Waals surface area contributed by atoms with Gasteiger partial charge in [-0.3, -0.25) is 0 Å². The summed E-state index contributed by atoms with van der Waals surface area (Å²) in [7, 11) is 0. The van der Waals surface area contributed by atoms with Crippen molar-refractivity contribution >= 4 is 17.3 Å². The summed E-state index contributed by atoms with van der Waals surface area (Å²) in [5.74, 6) is 0.966. The van der Waals surface area contributed by atoms with Gasteiger partial charge in [0.25, 0.3) is 0 Å². The molecule has 2 unspecified atom stereocenters. The zero-order valence-corrected chi connectivity index (χ0v) is 13.5. The lowest BCUT2D eigenvalue weighted by Gasteiger charge is -2.35. The molecule has 1 aliphatic carbocycles. The second kappa shape index (κ2) is 7.40. The van der Waals surface area contributed by atoms with Crippen molar-refractivity contribution in [2.24, 2.45) is 0 Å².